The largest absolute Gasteiger partial charge is 0.385 e. The Morgan fingerprint density at radius 1 is 1.17 bits per heavy atom. The number of methoxy groups -OCH3 is 1. The average molecular weight is 389 g/mol. The molecule has 0 aliphatic carbocycles. The van der Waals surface area contributed by atoms with E-state index < -0.39 is 0 Å². The monoisotopic (exact) mass is 389 g/mol. The van der Waals surface area contributed by atoms with Crippen LogP contribution in [0.2, 0.25) is 0 Å². The summed E-state index contributed by atoms with van der Waals surface area (Å²) in [5, 5.41) is 6.82. The first-order chi connectivity index (χ1) is 14.2. The first-order valence-electron chi connectivity index (χ1n) is 9.63. The highest BCUT2D eigenvalue weighted by Crippen LogP contribution is 2.34. The van der Waals surface area contributed by atoms with Gasteiger partial charge in [-0.2, -0.15) is 0 Å². The van der Waals surface area contributed by atoms with Crippen LogP contribution in [-0.2, 0) is 20.9 Å². The minimum atomic E-state index is -0.112. The maximum absolute atomic E-state index is 12.5. The third-order valence-corrected chi connectivity index (χ3v) is 4.99. The number of aromatic nitrogens is 1. The molecule has 0 atom stereocenters. The van der Waals surface area contributed by atoms with E-state index in [-0.39, 0.29) is 18.4 Å². The van der Waals surface area contributed by atoms with E-state index in [4.69, 9.17) is 4.74 Å². The Labute approximate surface area is 169 Å². The van der Waals surface area contributed by atoms with Crippen LogP contribution in [0.4, 0.5) is 5.69 Å². The lowest BCUT2D eigenvalue weighted by molar-refractivity contribution is -0.121. The smallest absolute Gasteiger partial charge is 0.256 e. The second-order valence-electron chi connectivity index (χ2n) is 6.98. The second kappa shape index (κ2) is 8.32. The van der Waals surface area contributed by atoms with Crippen molar-refractivity contribution in [3.8, 4) is 0 Å². The number of hydrogen-bond donors (Lipinski definition) is 2. The van der Waals surface area contributed by atoms with Crippen molar-refractivity contribution < 1.29 is 14.3 Å². The van der Waals surface area contributed by atoms with Crippen LogP contribution in [-0.4, -0.2) is 36.6 Å². The molecule has 1 aromatic heterocycles. The van der Waals surface area contributed by atoms with Gasteiger partial charge < -0.3 is 19.9 Å². The van der Waals surface area contributed by atoms with Gasteiger partial charge in [0, 0.05) is 59.7 Å². The number of rotatable bonds is 7. The van der Waals surface area contributed by atoms with Crippen molar-refractivity contribution in [1.29, 1.82) is 0 Å². The number of nitrogens with zero attached hydrogens (tertiary/aromatic N) is 1. The van der Waals surface area contributed by atoms with Gasteiger partial charge in [-0.15, -0.1) is 0 Å². The van der Waals surface area contributed by atoms with Crippen LogP contribution in [0, 0.1) is 0 Å². The zero-order valence-corrected chi connectivity index (χ0v) is 16.3. The molecule has 0 saturated heterocycles. The molecule has 4 rings (SSSR count). The van der Waals surface area contributed by atoms with Crippen molar-refractivity contribution in [3.05, 3.63) is 65.9 Å². The molecule has 1 aliphatic rings. The third-order valence-electron chi connectivity index (χ3n) is 4.99. The van der Waals surface area contributed by atoms with Gasteiger partial charge in [-0.1, -0.05) is 36.4 Å². The van der Waals surface area contributed by atoms with Crippen LogP contribution in [0.25, 0.3) is 22.6 Å². The molecular weight excluding hydrogens is 366 g/mol. The number of para-hydroxylation sites is 2. The standard InChI is InChI=1S/C23H23N3O3/c1-29-12-6-11-24-22(27)15-26-14-16(17-7-3-5-10-21(17)26)13-19-18-8-2-4-9-20(18)25-23(19)28/h2-5,7-10,13-14H,6,11-12,15H2,1H3,(H,24,27)(H,25,28)/b19-13+. The van der Waals surface area contributed by atoms with E-state index in [2.05, 4.69) is 10.6 Å². The van der Waals surface area contributed by atoms with Gasteiger partial charge in [0.25, 0.3) is 5.91 Å². The van der Waals surface area contributed by atoms with E-state index in [9.17, 15) is 9.59 Å². The molecule has 148 valence electrons. The molecule has 2 heterocycles. The van der Waals surface area contributed by atoms with Gasteiger partial charge in [0.2, 0.25) is 5.91 Å². The predicted molar refractivity (Wildman–Crippen MR) is 114 cm³/mol. The molecule has 6 heteroatoms. The SMILES string of the molecule is COCCCNC(=O)Cn1cc(/C=C2/C(=O)Nc3ccccc32)c2ccccc21. The molecule has 6 nitrogen and oxygen atoms in total. The van der Waals surface area contributed by atoms with Crippen LogP contribution in [0.15, 0.2) is 54.7 Å². The molecule has 2 aromatic carbocycles. The van der Waals surface area contributed by atoms with E-state index in [0.29, 0.717) is 18.7 Å². The molecule has 0 unspecified atom stereocenters. The van der Waals surface area contributed by atoms with E-state index in [0.717, 1.165) is 34.1 Å². The summed E-state index contributed by atoms with van der Waals surface area (Å²) in [4.78, 5) is 24.8. The van der Waals surface area contributed by atoms with E-state index in [1.807, 2.05) is 65.4 Å². The van der Waals surface area contributed by atoms with Crippen LogP contribution in [0.3, 0.4) is 0 Å². The summed E-state index contributed by atoms with van der Waals surface area (Å²) in [6.45, 7) is 1.42. The molecule has 0 bridgehead atoms. The fourth-order valence-corrected chi connectivity index (χ4v) is 3.61. The highest BCUT2D eigenvalue weighted by Gasteiger charge is 2.24. The number of hydrogen-bond acceptors (Lipinski definition) is 3. The molecule has 0 radical (unpaired) electrons. The van der Waals surface area contributed by atoms with Crippen molar-refractivity contribution in [2.24, 2.45) is 0 Å². The lowest BCUT2D eigenvalue weighted by Gasteiger charge is -2.07. The Morgan fingerprint density at radius 2 is 1.97 bits per heavy atom. The third kappa shape index (κ3) is 3.93. The number of benzene rings is 2. The average Bonchev–Trinajstić information content (AvgIpc) is 3.23. The predicted octanol–water partition coefficient (Wildman–Crippen LogP) is 3.29. The minimum absolute atomic E-state index is 0.0509. The Morgan fingerprint density at radius 3 is 2.83 bits per heavy atom. The number of carbonyl (C=O) groups is 2. The highest BCUT2D eigenvalue weighted by molar-refractivity contribution is 6.35. The van der Waals surface area contributed by atoms with Gasteiger partial charge in [-0.05, 0) is 24.6 Å². The summed E-state index contributed by atoms with van der Waals surface area (Å²) in [5.74, 6) is -0.163. The fraction of sp³-hybridized carbons (Fsp3) is 0.217. The van der Waals surface area contributed by atoms with Crippen LogP contribution >= 0.6 is 0 Å². The summed E-state index contributed by atoms with van der Waals surface area (Å²) >= 11 is 0. The lowest BCUT2D eigenvalue weighted by atomic mass is 10.0. The van der Waals surface area contributed by atoms with Crippen molar-refractivity contribution in [2.45, 2.75) is 13.0 Å². The molecule has 0 fully saturated rings. The van der Waals surface area contributed by atoms with Crippen molar-refractivity contribution >= 4 is 40.1 Å². The van der Waals surface area contributed by atoms with Crippen LogP contribution in [0.5, 0.6) is 0 Å². The van der Waals surface area contributed by atoms with E-state index in [1.165, 1.54) is 0 Å². The molecule has 2 N–H and O–H groups in total. The number of amides is 2. The van der Waals surface area contributed by atoms with Gasteiger partial charge in [0.1, 0.15) is 6.54 Å². The van der Waals surface area contributed by atoms with E-state index in [1.54, 1.807) is 7.11 Å². The molecule has 2 amide bonds. The normalized spacial score (nSPS) is 14.2. The number of carbonyl (C=O) groups excluding carboxylic acids is 2. The Kier molecular flexibility index (Phi) is 5.44. The van der Waals surface area contributed by atoms with Gasteiger partial charge in [0.15, 0.2) is 0 Å². The quantitative estimate of drug-likeness (QED) is 0.481. The highest BCUT2D eigenvalue weighted by atomic mass is 16.5. The first-order valence-corrected chi connectivity index (χ1v) is 9.63. The molecular formula is C23H23N3O3. The maximum atomic E-state index is 12.5. The van der Waals surface area contributed by atoms with Crippen molar-refractivity contribution in [3.63, 3.8) is 0 Å². The Balaban J connectivity index is 1.63. The van der Waals surface area contributed by atoms with Crippen molar-refractivity contribution in [1.82, 2.24) is 9.88 Å². The summed E-state index contributed by atoms with van der Waals surface area (Å²) in [7, 11) is 1.65. The van der Waals surface area contributed by atoms with Crippen molar-refractivity contribution in [2.75, 3.05) is 25.6 Å². The van der Waals surface area contributed by atoms with Crippen LogP contribution < -0.4 is 10.6 Å². The zero-order valence-electron chi connectivity index (χ0n) is 16.3. The number of ether oxygens (including phenoxy) is 1. The van der Waals surface area contributed by atoms with Gasteiger partial charge in [-0.3, -0.25) is 9.59 Å². The number of fused-ring (bicyclic) bond motifs is 2. The maximum Gasteiger partial charge on any atom is 0.256 e. The summed E-state index contributed by atoms with van der Waals surface area (Å²) in [6, 6.07) is 15.6. The molecule has 0 saturated carbocycles. The molecule has 3 aromatic rings. The van der Waals surface area contributed by atoms with Crippen LogP contribution in [0.1, 0.15) is 17.5 Å². The topological polar surface area (TPSA) is 72.4 Å². The van der Waals surface area contributed by atoms with Gasteiger partial charge in [0.05, 0.1) is 0 Å². The van der Waals surface area contributed by atoms with E-state index >= 15 is 0 Å². The fourth-order valence-electron chi connectivity index (χ4n) is 3.61. The zero-order chi connectivity index (χ0) is 20.2. The molecule has 29 heavy (non-hydrogen) atoms. The Hall–Kier alpha value is -3.38. The summed E-state index contributed by atoms with van der Waals surface area (Å²) in [6.07, 6.45) is 4.61. The number of nitrogens with one attached hydrogen (secondary N) is 2. The Bertz CT molecular complexity index is 1100. The van der Waals surface area contributed by atoms with Gasteiger partial charge in [-0.25, -0.2) is 0 Å². The summed E-state index contributed by atoms with van der Waals surface area (Å²) < 4.78 is 6.93. The first kappa shape index (κ1) is 19.0. The molecule has 0 spiro atoms. The minimum Gasteiger partial charge on any atom is -0.385 e. The van der Waals surface area contributed by atoms with Gasteiger partial charge >= 0.3 is 0 Å². The second-order valence-corrected chi connectivity index (χ2v) is 6.98. The molecule has 1 aliphatic heterocycles. The lowest BCUT2D eigenvalue weighted by Crippen LogP contribution is -2.28. The summed E-state index contributed by atoms with van der Waals surface area (Å²) in [5.41, 5.74) is 4.22. The number of anilines is 1.